The van der Waals surface area contributed by atoms with E-state index < -0.39 is 0 Å². The molecule has 0 aliphatic carbocycles. The summed E-state index contributed by atoms with van der Waals surface area (Å²) in [5, 5.41) is 11.3. The number of fused-ring (bicyclic) bond motifs is 1. The molecule has 4 nitrogen and oxygen atoms in total. The number of imidazole rings is 1. The van der Waals surface area contributed by atoms with E-state index >= 15 is 0 Å². The van der Waals surface area contributed by atoms with E-state index in [-0.39, 0.29) is 67.4 Å². The summed E-state index contributed by atoms with van der Waals surface area (Å²) in [6, 6.07) is 41.6. The molecule has 1 N–H and O–H groups in total. The van der Waals surface area contributed by atoms with E-state index in [2.05, 4.69) is 119 Å². The van der Waals surface area contributed by atoms with Gasteiger partial charge in [0.05, 0.1) is 27.8 Å². The maximum absolute atomic E-state index is 11.3. The summed E-state index contributed by atoms with van der Waals surface area (Å²) in [6.45, 7) is 14.7. The summed E-state index contributed by atoms with van der Waals surface area (Å²) >= 11 is 0. The number of rotatable bonds is 6. The second kappa shape index (κ2) is 15.2. The number of benzene rings is 6. The zero-order valence-corrected chi connectivity index (χ0v) is 34.9. The SMILES string of the molecule is [2H]c1c([2H])c(-c2ccnc(-c3[c-]c(-c4cccc5c4nc(-c4ccccc4O)n5-c4ccc(C(C)(C)C)cc4-c4ccccc4)cc(C(C)(C)C)c3)c2)c([2H])c([2H])c1C.[Pt]. The Kier molecular flexibility index (Phi) is 9.14. The van der Waals surface area contributed by atoms with E-state index in [1.54, 1.807) is 25.3 Å². The standard InChI is InChI=1S/C51H46N3O.Pt/c1-33-20-22-34(23-21-33)36-26-27-52-44(31-36)38-28-37(29-40(30-38)51(5,6)7)41-17-13-18-46-48(41)53-49(42-16-11-12-19-47(42)55)54(46)45-25-24-39(50(2,3)4)32-43(45)35-14-9-8-10-15-35;/h8-27,29-32,55H,1-7H3;/q-1;/i20D,21D,22D,23D;. The van der Waals surface area contributed by atoms with Crippen LogP contribution in [0.4, 0.5) is 0 Å². The topological polar surface area (TPSA) is 50.9 Å². The maximum Gasteiger partial charge on any atom is 0.148 e. The van der Waals surface area contributed by atoms with Crippen molar-refractivity contribution in [1.29, 1.82) is 0 Å². The molecule has 56 heavy (non-hydrogen) atoms. The van der Waals surface area contributed by atoms with Crippen LogP contribution < -0.4 is 0 Å². The zero-order valence-electron chi connectivity index (χ0n) is 36.7. The van der Waals surface area contributed by atoms with Crippen molar-refractivity contribution in [2.75, 3.05) is 0 Å². The molecule has 5 heteroatoms. The molecule has 0 unspecified atom stereocenters. The quantitative estimate of drug-likeness (QED) is 0.169. The average Bonchev–Trinajstić information content (AvgIpc) is 3.61. The van der Waals surface area contributed by atoms with Gasteiger partial charge in [-0.25, -0.2) is 4.98 Å². The molecular weight excluding hydrogens is 866 g/mol. The van der Waals surface area contributed by atoms with Gasteiger partial charge in [0.1, 0.15) is 11.6 Å². The van der Waals surface area contributed by atoms with E-state index in [0.29, 0.717) is 28.2 Å². The van der Waals surface area contributed by atoms with Gasteiger partial charge in [0.2, 0.25) is 0 Å². The number of pyridine rings is 1. The minimum Gasteiger partial charge on any atom is -0.507 e. The Balaban J connectivity index is 0.00000544. The molecule has 0 radical (unpaired) electrons. The Hall–Kier alpha value is -5.57. The molecule has 0 aliphatic rings. The van der Waals surface area contributed by atoms with Crippen molar-refractivity contribution >= 4 is 11.0 Å². The monoisotopic (exact) mass is 915 g/mol. The van der Waals surface area contributed by atoms with E-state index in [1.165, 1.54) is 5.56 Å². The minimum absolute atomic E-state index is 0. The number of phenolic OH excluding ortho intramolecular Hbond substituents is 1. The van der Waals surface area contributed by atoms with Gasteiger partial charge in [-0.15, -0.1) is 29.3 Å². The Morgan fingerprint density at radius 1 is 0.625 bits per heavy atom. The number of hydrogen-bond donors (Lipinski definition) is 1. The predicted molar refractivity (Wildman–Crippen MR) is 229 cm³/mol. The van der Waals surface area contributed by atoms with Crippen LogP contribution in [0, 0.1) is 13.0 Å². The van der Waals surface area contributed by atoms with Crippen LogP contribution in [0.5, 0.6) is 5.75 Å². The molecule has 0 spiro atoms. The molecule has 0 saturated heterocycles. The van der Waals surface area contributed by atoms with Crippen LogP contribution in [-0.2, 0) is 31.9 Å². The Morgan fingerprint density at radius 3 is 2.02 bits per heavy atom. The van der Waals surface area contributed by atoms with Gasteiger partial charge in [-0.2, -0.15) is 0 Å². The first kappa shape index (κ1) is 33.7. The number of nitrogens with zero attached hydrogens (tertiary/aromatic N) is 3. The molecule has 0 bridgehead atoms. The number of para-hydroxylation sites is 2. The van der Waals surface area contributed by atoms with Crippen molar-refractivity contribution in [2.45, 2.75) is 59.3 Å². The fourth-order valence-electron chi connectivity index (χ4n) is 6.99. The normalized spacial score (nSPS) is 12.8. The minimum atomic E-state index is -0.260. The smallest absolute Gasteiger partial charge is 0.148 e. The van der Waals surface area contributed by atoms with E-state index in [0.717, 1.165) is 50.1 Å². The van der Waals surface area contributed by atoms with Crippen molar-refractivity contribution < 1.29 is 31.7 Å². The second-order valence-electron chi connectivity index (χ2n) is 16.2. The maximum atomic E-state index is 11.3. The van der Waals surface area contributed by atoms with Crippen LogP contribution in [-0.4, -0.2) is 19.6 Å². The fraction of sp³-hybridized carbons (Fsp3) is 0.176. The third kappa shape index (κ3) is 7.51. The van der Waals surface area contributed by atoms with Crippen LogP contribution in [0.3, 0.4) is 0 Å². The van der Waals surface area contributed by atoms with Gasteiger partial charge in [-0.1, -0.05) is 149 Å². The molecule has 0 saturated carbocycles. The summed E-state index contributed by atoms with van der Waals surface area (Å²) in [5.41, 5.74) is 11.2. The number of aromatic nitrogens is 3. The van der Waals surface area contributed by atoms with Crippen LogP contribution in [0.2, 0.25) is 0 Å². The van der Waals surface area contributed by atoms with Crippen molar-refractivity contribution in [3.8, 4) is 67.5 Å². The van der Waals surface area contributed by atoms with Crippen LogP contribution in [0.25, 0.3) is 72.7 Å². The summed E-state index contributed by atoms with van der Waals surface area (Å²) in [4.78, 5) is 10.1. The average molecular weight is 916 g/mol. The van der Waals surface area contributed by atoms with E-state index in [1.807, 2.05) is 36.4 Å². The van der Waals surface area contributed by atoms with Gasteiger partial charge in [0.15, 0.2) is 0 Å². The first-order valence-electron chi connectivity index (χ1n) is 20.6. The van der Waals surface area contributed by atoms with E-state index in [9.17, 15) is 5.11 Å². The molecule has 0 atom stereocenters. The molecule has 282 valence electrons. The molecule has 0 amide bonds. The zero-order chi connectivity index (χ0) is 42.0. The molecular formula is C51H46N3OPt-. The van der Waals surface area contributed by atoms with Crippen molar-refractivity contribution in [2.24, 2.45) is 0 Å². The van der Waals surface area contributed by atoms with E-state index in [4.69, 9.17) is 15.5 Å². The Bertz CT molecular complexity index is 2900. The molecule has 8 rings (SSSR count). The Morgan fingerprint density at radius 2 is 1.30 bits per heavy atom. The molecule has 6 aromatic carbocycles. The van der Waals surface area contributed by atoms with Crippen LogP contribution in [0.15, 0.2) is 146 Å². The van der Waals surface area contributed by atoms with Gasteiger partial charge in [-0.3, -0.25) is 9.55 Å². The number of hydrogen-bond acceptors (Lipinski definition) is 3. The summed E-state index contributed by atoms with van der Waals surface area (Å²) in [7, 11) is 0. The number of aromatic hydroxyl groups is 1. The molecule has 0 aliphatic heterocycles. The molecule has 2 aromatic heterocycles. The molecule has 0 fully saturated rings. The first-order valence-corrected chi connectivity index (χ1v) is 18.6. The van der Waals surface area contributed by atoms with Gasteiger partial charge in [0, 0.05) is 38.5 Å². The van der Waals surface area contributed by atoms with Gasteiger partial charge >= 0.3 is 0 Å². The van der Waals surface area contributed by atoms with Crippen molar-refractivity contribution in [3.63, 3.8) is 0 Å². The van der Waals surface area contributed by atoms with Gasteiger partial charge in [0.25, 0.3) is 0 Å². The van der Waals surface area contributed by atoms with Crippen LogP contribution in [0.1, 0.15) is 63.7 Å². The molecule has 2 heterocycles. The fourth-order valence-corrected chi connectivity index (χ4v) is 6.99. The molecule has 8 aromatic rings. The summed E-state index contributed by atoms with van der Waals surface area (Å²) in [5.74, 6) is 0.730. The van der Waals surface area contributed by atoms with Gasteiger partial charge in [-0.05, 0) is 76.4 Å². The largest absolute Gasteiger partial charge is 0.507 e. The van der Waals surface area contributed by atoms with Crippen molar-refractivity contribution in [1.82, 2.24) is 14.5 Å². The summed E-state index contributed by atoms with van der Waals surface area (Å²) in [6.07, 6.45) is 1.64. The second-order valence-corrected chi connectivity index (χ2v) is 16.2. The predicted octanol–water partition coefficient (Wildman–Crippen LogP) is 13.2. The van der Waals surface area contributed by atoms with Crippen molar-refractivity contribution in [3.05, 3.63) is 168 Å². The third-order valence-electron chi connectivity index (χ3n) is 10.1. The number of phenols is 1. The summed E-state index contributed by atoms with van der Waals surface area (Å²) < 4.78 is 36.6. The van der Waals surface area contributed by atoms with Crippen LogP contribution >= 0.6 is 0 Å². The first-order chi connectivity index (χ1) is 28.0. The van der Waals surface area contributed by atoms with Gasteiger partial charge < -0.3 is 5.11 Å². The third-order valence-corrected chi connectivity index (χ3v) is 10.1. The Labute approximate surface area is 350 Å².